The van der Waals surface area contributed by atoms with E-state index in [2.05, 4.69) is 15.6 Å². The van der Waals surface area contributed by atoms with E-state index >= 15 is 0 Å². The summed E-state index contributed by atoms with van der Waals surface area (Å²) < 4.78 is 0. The fourth-order valence-corrected chi connectivity index (χ4v) is 3.40. The van der Waals surface area contributed by atoms with Crippen molar-refractivity contribution in [1.29, 1.82) is 0 Å². The largest absolute Gasteiger partial charge is 0.358 e. The average Bonchev–Trinajstić information content (AvgIpc) is 2.84. The molecule has 7 nitrogen and oxygen atoms in total. The predicted molar refractivity (Wildman–Crippen MR) is 95.2 cm³/mol. The van der Waals surface area contributed by atoms with Crippen LogP contribution in [0.3, 0.4) is 0 Å². The molecule has 0 aromatic carbocycles. The van der Waals surface area contributed by atoms with Crippen LogP contribution in [0.25, 0.3) is 11.5 Å². The summed E-state index contributed by atoms with van der Waals surface area (Å²) in [5.41, 5.74) is 2.91. The molecule has 4 rings (SSSR count). The lowest BCUT2D eigenvalue weighted by molar-refractivity contribution is -0.127. The van der Waals surface area contributed by atoms with E-state index in [9.17, 15) is 4.79 Å². The van der Waals surface area contributed by atoms with Crippen molar-refractivity contribution in [3.8, 4) is 11.5 Å². The standard InChI is InChI=1S/C18H22N6O/c1-24-11-7-15(18(24)25)22-16-12-5-9-19-10-6-13(12)21-17(23-16)14-4-2-3-8-20-14/h2-4,8,15,19H,5-7,9-11H2,1H3,(H,21,22,23)/t15-/m0/s1. The molecule has 1 amide bonds. The van der Waals surface area contributed by atoms with Crippen LogP contribution in [-0.4, -0.2) is 58.5 Å². The number of anilines is 1. The van der Waals surface area contributed by atoms with Crippen LogP contribution < -0.4 is 10.6 Å². The van der Waals surface area contributed by atoms with Gasteiger partial charge in [-0.2, -0.15) is 0 Å². The molecule has 4 heterocycles. The fraction of sp³-hybridized carbons (Fsp3) is 0.444. The van der Waals surface area contributed by atoms with E-state index in [4.69, 9.17) is 9.97 Å². The van der Waals surface area contributed by atoms with Crippen LogP contribution in [0, 0.1) is 0 Å². The minimum atomic E-state index is -0.211. The van der Waals surface area contributed by atoms with Crippen LogP contribution in [0.5, 0.6) is 0 Å². The number of nitrogens with zero attached hydrogens (tertiary/aromatic N) is 4. The van der Waals surface area contributed by atoms with E-state index in [1.165, 1.54) is 0 Å². The first-order valence-corrected chi connectivity index (χ1v) is 8.76. The first kappa shape index (κ1) is 16.0. The predicted octanol–water partition coefficient (Wildman–Crippen LogP) is 0.869. The smallest absolute Gasteiger partial charge is 0.244 e. The maximum atomic E-state index is 12.3. The molecule has 0 bridgehead atoms. The van der Waals surface area contributed by atoms with Gasteiger partial charge in [0.25, 0.3) is 0 Å². The molecule has 0 spiro atoms. The number of amides is 1. The third kappa shape index (κ3) is 3.19. The van der Waals surface area contributed by atoms with Gasteiger partial charge in [0.1, 0.15) is 17.6 Å². The molecule has 0 unspecified atom stereocenters. The summed E-state index contributed by atoms with van der Waals surface area (Å²) in [6.45, 7) is 2.57. The maximum absolute atomic E-state index is 12.3. The molecule has 1 saturated heterocycles. The van der Waals surface area contributed by atoms with Crippen molar-refractivity contribution in [1.82, 2.24) is 25.2 Å². The summed E-state index contributed by atoms with van der Waals surface area (Å²) in [5.74, 6) is 1.52. The van der Waals surface area contributed by atoms with Crippen LogP contribution in [0.15, 0.2) is 24.4 Å². The van der Waals surface area contributed by atoms with Crippen molar-refractivity contribution in [3.05, 3.63) is 35.7 Å². The molecule has 7 heteroatoms. The number of likely N-dealkylation sites (tertiary alicyclic amines) is 1. The number of likely N-dealkylation sites (N-methyl/N-ethyl adjacent to an activating group) is 1. The third-order valence-corrected chi connectivity index (χ3v) is 4.82. The summed E-state index contributed by atoms with van der Waals surface area (Å²) in [7, 11) is 1.84. The molecule has 1 atom stereocenters. The zero-order valence-corrected chi connectivity index (χ0v) is 14.3. The second-order valence-electron chi connectivity index (χ2n) is 6.53. The number of hydrogen-bond donors (Lipinski definition) is 2. The third-order valence-electron chi connectivity index (χ3n) is 4.82. The highest BCUT2D eigenvalue weighted by Crippen LogP contribution is 2.25. The van der Waals surface area contributed by atoms with Gasteiger partial charge in [0.15, 0.2) is 5.82 Å². The molecular weight excluding hydrogens is 316 g/mol. The van der Waals surface area contributed by atoms with Crippen LogP contribution in [0.4, 0.5) is 5.82 Å². The number of carbonyl (C=O) groups excluding carboxylic acids is 1. The summed E-state index contributed by atoms with van der Waals surface area (Å²) in [4.78, 5) is 27.9. The van der Waals surface area contributed by atoms with Gasteiger partial charge in [0.2, 0.25) is 5.91 Å². The number of pyridine rings is 1. The van der Waals surface area contributed by atoms with Gasteiger partial charge in [-0.3, -0.25) is 9.78 Å². The highest BCUT2D eigenvalue weighted by atomic mass is 16.2. The van der Waals surface area contributed by atoms with Gasteiger partial charge in [0, 0.05) is 38.3 Å². The van der Waals surface area contributed by atoms with Crippen LogP contribution in [0.1, 0.15) is 17.7 Å². The van der Waals surface area contributed by atoms with E-state index in [1.807, 2.05) is 25.2 Å². The Balaban J connectivity index is 1.74. The van der Waals surface area contributed by atoms with E-state index in [-0.39, 0.29) is 11.9 Å². The topological polar surface area (TPSA) is 83.0 Å². The molecule has 2 aromatic heterocycles. The molecule has 0 radical (unpaired) electrons. The van der Waals surface area contributed by atoms with Crippen molar-refractivity contribution >= 4 is 11.7 Å². The van der Waals surface area contributed by atoms with Crippen LogP contribution >= 0.6 is 0 Å². The number of rotatable bonds is 3. The van der Waals surface area contributed by atoms with Gasteiger partial charge in [-0.1, -0.05) is 6.07 Å². The Hall–Kier alpha value is -2.54. The Morgan fingerprint density at radius 3 is 2.88 bits per heavy atom. The first-order valence-electron chi connectivity index (χ1n) is 8.76. The van der Waals surface area contributed by atoms with Crippen molar-refractivity contribution in [3.63, 3.8) is 0 Å². The van der Waals surface area contributed by atoms with E-state index in [0.717, 1.165) is 61.7 Å². The average molecular weight is 338 g/mol. The number of carbonyl (C=O) groups is 1. The second kappa shape index (κ2) is 6.76. The molecule has 2 aromatic rings. The molecule has 130 valence electrons. The number of fused-ring (bicyclic) bond motifs is 1. The molecule has 2 aliphatic rings. The Kier molecular flexibility index (Phi) is 4.31. The fourth-order valence-electron chi connectivity index (χ4n) is 3.40. The molecule has 0 saturated carbocycles. The summed E-state index contributed by atoms with van der Waals surface area (Å²) in [5, 5.41) is 6.79. The Morgan fingerprint density at radius 2 is 2.12 bits per heavy atom. The van der Waals surface area contributed by atoms with Gasteiger partial charge in [-0.05, 0) is 31.5 Å². The molecule has 1 fully saturated rings. The molecule has 2 N–H and O–H groups in total. The minimum Gasteiger partial charge on any atom is -0.358 e. The Labute approximate surface area is 146 Å². The quantitative estimate of drug-likeness (QED) is 0.864. The highest BCUT2D eigenvalue weighted by molar-refractivity contribution is 5.86. The minimum absolute atomic E-state index is 0.124. The SMILES string of the molecule is CN1CC[C@H](Nc2nc(-c3ccccn3)nc3c2CCNCC3)C1=O. The zero-order chi connectivity index (χ0) is 17.2. The monoisotopic (exact) mass is 338 g/mol. The number of aromatic nitrogens is 3. The lowest BCUT2D eigenvalue weighted by atomic mass is 10.1. The van der Waals surface area contributed by atoms with Gasteiger partial charge in [-0.25, -0.2) is 9.97 Å². The molecule has 0 aliphatic carbocycles. The Bertz CT molecular complexity index is 779. The lowest BCUT2D eigenvalue weighted by Gasteiger charge is -2.18. The summed E-state index contributed by atoms with van der Waals surface area (Å²) in [6, 6.07) is 5.51. The van der Waals surface area contributed by atoms with Crippen molar-refractivity contribution in [2.75, 3.05) is 32.0 Å². The van der Waals surface area contributed by atoms with Gasteiger partial charge < -0.3 is 15.5 Å². The molecular formula is C18H22N6O. The van der Waals surface area contributed by atoms with Crippen LogP contribution in [-0.2, 0) is 17.6 Å². The summed E-state index contributed by atoms with van der Waals surface area (Å²) >= 11 is 0. The summed E-state index contributed by atoms with van der Waals surface area (Å²) in [6.07, 6.45) is 4.25. The van der Waals surface area contributed by atoms with E-state index in [1.54, 1.807) is 11.1 Å². The second-order valence-corrected chi connectivity index (χ2v) is 6.53. The van der Waals surface area contributed by atoms with Crippen molar-refractivity contribution < 1.29 is 4.79 Å². The number of nitrogens with one attached hydrogen (secondary N) is 2. The van der Waals surface area contributed by atoms with Crippen molar-refractivity contribution in [2.45, 2.75) is 25.3 Å². The van der Waals surface area contributed by atoms with Gasteiger partial charge in [-0.15, -0.1) is 0 Å². The van der Waals surface area contributed by atoms with E-state index in [0.29, 0.717) is 5.82 Å². The van der Waals surface area contributed by atoms with Crippen LogP contribution in [0.2, 0.25) is 0 Å². The normalized spacial score (nSPS) is 20.3. The lowest BCUT2D eigenvalue weighted by Crippen LogP contribution is -2.32. The molecule has 2 aliphatic heterocycles. The van der Waals surface area contributed by atoms with E-state index < -0.39 is 0 Å². The molecule has 25 heavy (non-hydrogen) atoms. The number of hydrogen-bond acceptors (Lipinski definition) is 6. The Morgan fingerprint density at radius 1 is 1.24 bits per heavy atom. The first-order chi connectivity index (χ1) is 12.2. The van der Waals surface area contributed by atoms with Crippen molar-refractivity contribution in [2.24, 2.45) is 0 Å². The highest BCUT2D eigenvalue weighted by Gasteiger charge is 2.30. The van der Waals surface area contributed by atoms with Gasteiger partial charge >= 0.3 is 0 Å². The van der Waals surface area contributed by atoms with Gasteiger partial charge in [0.05, 0.1) is 5.69 Å². The maximum Gasteiger partial charge on any atom is 0.244 e. The zero-order valence-electron chi connectivity index (χ0n) is 14.3.